The van der Waals surface area contributed by atoms with Crippen molar-refractivity contribution >= 4 is 17.7 Å². The van der Waals surface area contributed by atoms with Gasteiger partial charge in [0.1, 0.15) is 0 Å². The number of rotatable bonds is 3. The SMILES string of the molecule is COC(=O)CS[C@H]1CCC[C@@H]1O. The molecule has 0 aromatic rings. The molecule has 1 rings (SSSR count). The minimum atomic E-state index is -0.223. The number of carbonyl (C=O) groups is 1. The zero-order valence-corrected chi connectivity index (χ0v) is 7.97. The second kappa shape index (κ2) is 4.72. The summed E-state index contributed by atoms with van der Waals surface area (Å²) in [6, 6.07) is 0. The van der Waals surface area contributed by atoms with E-state index >= 15 is 0 Å². The molecule has 1 aliphatic carbocycles. The molecule has 4 heteroatoms. The van der Waals surface area contributed by atoms with Crippen LogP contribution in [0.4, 0.5) is 0 Å². The summed E-state index contributed by atoms with van der Waals surface area (Å²) in [7, 11) is 1.38. The Labute approximate surface area is 76.5 Å². The Balaban J connectivity index is 2.18. The van der Waals surface area contributed by atoms with E-state index in [1.807, 2.05) is 0 Å². The molecule has 2 atom stereocenters. The van der Waals surface area contributed by atoms with Gasteiger partial charge < -0.3 is 9.84 Å². The third kappa shape index (κ3) is 2.68. The van der Waals surface area contributed by atoms with Crippen molar-refractivity contribution in [2.75, 3.05) is 12.9 Å². The number of ether oxygens (including phenoxy) is 1. The van der Waals surface area contributed by atoms with E-state index in [1.54, 1.807) is 0 Å². The topological polar surface area (TPSA) is 46.5 Å². The highest BCUT2D eigenvalue weighted by Crippen LogP contribution is 2.29. The van der Waals surface area contributed by atoms with E-state index in [0.29, 0.717) is 5.75 Å². The molecule has 0 radical (unpaired) electrons. The Bertz CT molecular complexity index is 160. The van der Waals surface area contributed by atoms with Gasteiger partial charge in [-0.2, -0.15) is 0 Å². The molecule has 0 aliphatic heterocycles. The summed E-state index contributed by atoms with van der Waals surface area (Å²) in [5.74, 6) is 0.150. The second-order valence-electron chi connectivity index (χ2n) is 2.92. The molecule has 1 saturated carbocycles. The van der Waals surface area contributed by atoms with Gasteiger partial charge in [-0.05, 0) is 19.3 Å². The van der Waals surface area contributed by atoms with Gasteiger partial charge in [0.25, 0.3) is 0 Å². The molecule has 0 unspecified atom stereocenters. The van der Waals surface area contributed by atoms with Gasteiger partial charge in [-0.1, -0.05) is 0 Å². The highest BCUT2D eigenvalue weighted by Gasteiger charge is 2.25. The van der Waals surface area contributed by atoms with Gasteiger partial charge in [0.15, 0.2) is 0 Å². The molecule has 0 aromatic heterocycles. The van der Waals surface area contributed by atoms with Gasteiger partial charge in [0.2, 0.25) is 0 Å². The molecule has 1 aliphatic rings. The fraction of sp³-hybridized carbons (Fsp3) is 0.875. The summed E-state index contributed by atoms with van der Waals surface area (Å²) in [4.78, 5) is 10.8. The van der Waals surface area contributed by atoms with E-state index in [4.69, 9.17) is 0 Å². The number of methoxy groups -OCH3 is 1. The van der Waals surface area contributed by atoms with Crippen LogP contribution in [0.25, 0.3) is 0 Å². The first-order valence-corrected chi connectivity index (χ1v) is 5.15. The van der Waals surface area contributed by atoms with Crippen LogP contribution in [0.1, 0.15) is 19.3 Å². The minimum Gasteiger partial charge on any atom is -0.468 e. The van der Waals surface area contributed by atoms with Crippen LogP contribution in [0.15, 0.2) is 0 Å². The highest BCUT2D eigenvalue weighted by molar-refractivity contribution is 8.00. The molecule has 0 bridgehead atoms. The van der Waals surface area contributed by atoms with Crippen LogP contribution in [-0.2, 0) is 9.53 Å². The number of aliphatic hydroxyl groups excluding tert-OH is 1. The minimum absolute atomic E-state index is 0.209. The van der Waals surface area contributed by atoms with Crippen molar-refractivity contribution in [3.63, 3.8) is 0 Å². The van der Waals surface area contributed by atoms with E-state index in [-0.39, 0.29) is 17.3 Å². The van der Waals surface area contributed by atoms with Crippen molar-refractivity contribution in [3.8, 4) is 0 Å². The lowest BCUT2D eigenvalue weighted by Crippen LogP contribution is -2.17. The summed E-state index contributed by atoms with van der Waals surface area (Å²) in [5.41, 5.74) is 0. The number of esters is 1. The number of aliphatic hydroxyl groups is 1. The van der Waals surface area contributed by atoms with Crippen molar-refractivity contribution < 1.29 is 14.6 Å². The molecule has 0 spiro atoms. The van der Waals surface area contributed by atoms with E-state index in [0.717, 1.165) is 19.3 Å². The highest BCUT2D eigenvalue weighted by atomic mass is 32.2. The molecule has 12 heavy (non-hydrogen) atoms. The van der Waals surface area contributed by atoms with Crippen LogP contribution in [0.2, 0.25) is 0 Å². The molecule has 0 amide bonds. The smallest absolute Gasteiger partial charge is 0.315 e. The molecule has 1 N–H and O–H groups in total. The van der Waals surface area contributed by atoms with Gasteiger partial charge in [-0.15, -0.1) is 11.8 Å². The van der Waals surface area contributed by atoms with Gasteiger partial charge in [-0.3, -0.25) is 4.79 Å². The molecular weight excluding hydrogens is 176 g/mol. The Kier molecular flexibility index (Phi) is 3.88. The Morgan fingerprint density at radius 3 is 2.92 bits per heavy atom. The molecule has 70 valence electrons. The predicted octanol–water partition coefficient (Wildman–Crippen LogP) is 0.806. The van der Waals surface area contributed by atoms with Crippen LogP contribution in [0.5, 0.6) is 0 Å². The maximum atomic E-state index is 10.8. The van der Waals surface area contributed by atoms with Crippen molar-refractivity contribution in [1.82, 2.24) is 0 Å². The summed E-state index contributed by atoms with van der Waals surface area (Å²) in [5, 5.41) is 9.64. The first-order chi connectivity index (χ1) is 5.74. The number of hydrogen-bond acceptors (Lipinski definition) is 4. The maximum absolute atomic E-state index is 10.8. The van der Waals surface area contributed by atoms with Crippen molar-refractivity contribution in [2.24, 2.45) is 0 Å². The molecule has 0 heterocycles. The van der Waals surface area contributed by atoms with Gasteiger partial charge >= 0.3 is 5.97 Å². The van der Waals surface area contributed by atoms with Gasteiger partial charge in [-0.25, -0.2) is 0 Å². The Hall–Kier alpha value is -0.220. The summed E-state index contributed by atoms with van der Waals surface area (Å²) in [6.07, 6.45) is 2.74. The van der Waals surface area contributed by atoms with Crippen LogP contribution in [0.3, 0.4) is 0 Å². The van der Waals surface area contributed by atoms with Gasteiger partial charge in [0.05, 0.1) is 19.0 Å². The normalized spacial score (nSPS) is 28.8. The van der Waals surface area contributed by atoms with E-state index in [9.17, 15) is 9.90 Å². The van der Waals surface area contributed by atoms with Crippen LogP contribution in [0, 0.1) is 0 Å². The zero-order chi connectivity index (χ0) is 8.97. The van der Waals surface area contributed by atoms with Gasteiger partial charge in [0, 0.05) is 5.25 Å². The largest absolute Gasteiger partial charge is 0.468 e. The Morgan fingerprint density at radius 1 is 1.67 bits per heavy atom. The van der Waals surface area contributed by atoms with Crippen molar-refractivity contribution in [3.05, 3.63) is 0 Å². The van der Waals surface area contributed by atoms with Crippen LogP contribution >= 0.6 is 11.8 Å². The van der Waals surface area contributed by atoms with Crippen LogP contribution < -0.4 is 0 Å². The van der Waals surface area contributed by atoms with E-state index in [2.05, 4.69) is 4.74 Å². The standard InChI is InChI=1S/C8H14O3S/c1-11-8(10)5-12-7-4-2-3-6(7)9/h6-7,9H,2-5H2,1H3/t6-,7-/m0/s1. The van der Waals surface area contributed by atoms with Crippen molar-refractivity contribution in [2.45, 2.75) is 30.6 Å². The monoisotopic (exact) mass is 190 g/mol. The lowest BCUT2D eigenvalue weighted by atomic mass is 10.3. The first kappa shape index (κ1) is 9.86. The summed E-state index contributed by atoms with van der Waals surface area (Å²) < 4.78 is 4.50. The number of hydrogen-bond donors (Lipinski definition) is 1. The zero-order valence-electron chi connectivity index (χ0n) is 7.16. The molecule has 3 nitrogen and oxygen atoms in total. The average Bonchev–Trinajstić information content (AvgIpc) is 2.47. The molecule has 0 saturated heterocycles. The molecule has 1 fully saturated rings. The third-order valence-electron chi connectivity index (χ3n) is 2.06. The predicted molar refractivity (Wildman–Crippen MR) is 48.1 cm³/mol. The molecule has 0 aromatic carbocycles. The lowest BCUT2D eigenvalue weighted by molar-refractivity contribution is -0.137. The quantitative estimate of drug-likeness (QED) is 0.669. The summed E-state index contributed by atoms with van der Waals surface area (Å²) in [6.45, 7) is 0. The average molecular weight is 190 g/mol. The lowest BCUT2D eigenvalue weighted by Gasteiger charge is -2.12. The number of thioether (sulfide) groups is 1. The first-order valence-electron chi connectivity index (χ1n) is 4.10. The van der Waals surface area contributed by atoms with Crippen molar-refractivity contribution in [1.29, 1.82) is 0 Å². The molecular formula is C8H14O3S. The third-order valence-corrected chi connectivity index (χ3v) is 3.44. The second-order valence-corrected chi connectivity index (χ2v) is 4.15. The number of carbonyl (C=O) groups excluding carboxylic acids is 1. The fourth-order valence-electron chi connectivity index (χ4n) is 1.33. The van der Waals surface area contributed by atoms with E-state index in [1.165, 1.54) is 18.9 Å². The van der Waals surface area contributed by atoms with E-state index < -0.39 is 0 Å². The Morgan fingerprint density at radius 2 is 2.42 bits per heavy atom. The van der Waals surface area contributed by atoms with Crippen LogP contribution in [-0.4, -0.2) is 35.3 Å². The fourth-order valence-corrected chi connectivity index (χ4v) is 2.49. The summed E-state index contributed by atoms with van der Waals surface area (Å²) >= 11 is 1.50. The maximum Gasteiger partial charge on any atom is 0.315 e.